The van der Waals surface area contributed by atoms with Crippen LogP contribution in [0.25, 0.3) is 11.9 Å². The minimum Gasteiger partial charge on any atom is -0.488 e. The fourth-order valence-electron chi connectivity index (χ4n) is 2.69. The Kier molecular flexibility index (Phi) is 6.53. The summed E-state index contributed by atoms with van der Waals surface area (Å²) in [5, 5.41) is 8.96. The van der Waals surface area contributed by atoms with Gasteiger partial charge in [0.15, 0.2) is 6.29 Å². The fraction of sp³-hybridized carbons (Fsp3) is 0.0870. The summed E-state index contributed by atoms with van der Waals surface area (Å²) in [4.78, 5) is 15.3. The van der Waals surface area contributed by atoms with Gasteiger partial charge in [-0.15, -0.1) is 0 Å². The lowest BCUT2D eigenvalue weighted by Crippen LogP contribution is -2.00. The van der Waals surface area contributed by atoms with E-state index in [1.54, 1.807) is 12.3 Å². The Bertz CT molecular complexity index is 1140. The average molecular weight is 451 g/mol. The van der Waals surface area contributed by atoms with Crippen LogP contribution in [0.5, 0.6) is 5.75 Å². The van der Waals surface area contributed by atoms with Crippen molar-refractivity contribution in [2.24, 2.45) is 0 Å². The van der Waals surface area contributed by atoms with E-state index in [4.69, 9.17) is 10.00 Å². The minimum atomic E-state index is -0.443. The minimum absolute atomic E-state index is 0.100. The Morgan fingerprint density at radius 1 is 1.24 bits per heavy atom. The third-order valence-electron chi connectivity index (χ3n) is 4.33. The summed E-state index contributed by atoms with van der Waals surface area (Å²) in [5.41, 5.74) is 3.37. The predicted molar refractivity (Wildman–Crippen MR) is 113 cm³/mol. The van der Waals surface area contributed by atoms with Gasteiger partial charge in [0.25, 0.3) is 0 Å². The number of benzene rings is 2. The lowest BCUT2D eigenvalue weighted by atomic mass is 10.1. The first-order chi connectivity index (χ1) is 14.0. The number of nitriles is 1. The van der Waals surface area contributed by atoms with E-state index in [-0.39, 0.29) is 12.4 Å². The second kappa shape index (κ2) is 9.26. The Hall–Kier alpha value is -3.30. The van der Waals surface area contributed by atoms with Gasteiger partial charge >= 0.3 is 0 Å². The molecule has 0 aliphatic heterocycles. The molecule has 0 unspecified atom stereocenters. The number of rotatable bonds is 6. The van der Waals surface area contributed by atoms with E-state index in [1.807, 2.05) is 31.2 Å². The standard InChI is InChI=1S/C23H16BrFN2O2/c1-15-18(3-2-4-21(15)24)8-22(25)19-5-6-20(13-28)23(9-19)29-14-17-7-16(10-26)11-27-12-17/h2-9,11-13H,14H2,1H3/b22-8-. The third kappa shape index (κ3) is 4.95. The molecule has 0 aliphatic carbocycles. The third-order valence-corrected chi connectivity index (χ3v) is 5.19. The van der Waals surface area contributed by atoms with Gasteiger partial charge in [-0.3, -0.25) is 9.78 Å². The van der Waals surface area contributed by atoms with Gasteiger partial charge in [-0.1, -0.05) is 34.1 Å². The lowest BCUT2D eigenvalue weighted by Gasteiger charge is -2.10. The number of pyridine rings is 1. The van der Waals surface area contributed by atoms with Gasteiger partial charge in [-0.25, -0.2) is 4.39 Å². The summed E-state index contributed by atoms with van der Waals surface area (Å²) in [5.74, 6) is -0.184. The second-order valence-electron chi connectivity index (χ2n) is 6.30. The average Bonchev–Trinajstić information content (AvgIpc) is 2.75. The molecule has 0 spiro atoms. The van der Waals surface area contributed by atoms with Crippen LogP contribution in [0.1, 0.15) is 38.2 Å². The second-order valence-corrected chi connectivity index (χ2v) is 7.15. The van der Waals surface area contributed by atoms with Crippen molar-refractivity contribution in [2.45, 2.75) is 13.5 Å². The molecule has 0 bridgehead atoms. The maximum atomic E-state index is 14.9. The van der Waals surface area contributed by atoms with Crippen LogP contribution in [-0.2, 0) is 6.61 Å². The number of ether oxygens (including phenoxy) is 1. The number of hydrogen-bond donors (Lipinski definition) is 0. The van der Waals surface area contributed by atoms with Crippen LogP contribution in [0, 0.1) is 18.3 Å². The summed E-state index contributed by atoms with van der Waals surface area (Å²) >= 11 is 3.44. The number of carbonyl (C=O) groups is 1. The number of aromatic nitrogens is 1. The lowest BCUT2D eigenvalue weighted by molar-refractivity contribution is 0.111. The van der Waals surface area contributed by atoms with Crippen LogP contribution in [0.2, 0.25) is 0 Å². The molecule has 29 heavy (non-hydrogen) atoms. The highest BCUT2D eigenvalue weighted by Crippen LogP contribution is 2.29. The van der Waals surface area contributed by atoms with Crippen LogP contribution >= 0.6 is 15.9 Å². The molecule has 0 amide bonds. The molecule has 0 saturated carbocycles. The van der Waals surface area contributed by atoms with Gasteiger partial charge in [-0.2, -0.15) is 5.26 Å². The molecule has 0 radical (unpaired) electrons. The Labute approximate surface area is 176 Å². The van der Waals surface area contributed by atoms with E-state index in [0.717, 1.165) is 15.6 Å². The van der Waals surface area contributed by atoms with Gasteiger partial charge in [-0.05, 0) is 48.4 Å². The summed E-state index contributed by atoms with van der Waals surface area (Å²) in [6.45, 7) is 2.00. The Morgan fingerprint density at radius 3 is 2.83 bits per heavy atom. The predicted octanol–water partition coefficient (Wildman–Crippen LogP) is 5.88. The molecule has 0 N–H and O–H groups in total. The number of halogens is 2. The molecule has 1 aromatic heterocycles. The smallest absolute Gasteiger partial charge is 0.153 e. The van der Waals surface area contributed by atoms with Crippen LogP contribution in [-0.4, -0.2) is 11.3 Å². The maximum Gasteiger partial charge on any atom is 0.153 e. The number of nitrogens with zero attached hydrogens (tertiary/aromatic N) is 2. The molecule has 144 valence electrons. The zero-order chi connectivity index (χ0) is 20.8. The van der Waals surface area contributed by atoms with Gasteiger partial charge in [0, 0.05) is 28.0 Å². The highest BCUT2D eigenvalue weighted by molar-refractivity contribution is 9.10. The van der Waals surface area contributed by atoms with Gasteiger partial charge < -0.3 is 4.74 Å². The van der Waals surface area contributed by atoms with Crippen LogP contribution < -0.4 is 4.74 Å². The Balaban J connectivity index is 1.88. The molecule has 0 atom stereocenters. The molecule has 0 fully saturated rings. The van der Waals surface area contributed by atoms with Crippen molar-refractivity contribution in [3.8, 4) is 11.8 Å². The first-order valence-corrected chi connectivity index (χ1v) is 9.50. The number of aldehydes is 1. The van der Waals surface area contributed by atoms with Crippen molar-refractivity contribution in [1.82, 2.24) is 4.98 Å². The van der Waals surface area contributed by atoms with E-state index >= 15 is 0 Å². The van der Waals surface area contributed by atoms with Gasteiger partial charge in [0.1, 0.15) is 24.3 Å². The first-order valence-electron chi connectivity index (χ1n) is 8.70. The molecule has 3 rings (SSSR count). The van der Waals surface area contributed by atoms with Crippen molar-refractivity contribution in [1.29, 1.82) is 5.26 Å². The topological polar surface area (TPSA) is 63.0 Å². The summed E-state index contributed by atoms with van der Waals surface area (Å²) < 4.78 is 21.5. The molecule has 6 heteroatoms. The number of hydrogen-bond acceptors (Lipinski definition) is 4. The van der Waals surface area contributed by atoms with Crippen molar-refractivity contribution >= 4 is 34.1 Å². The van der Waals surface area contributed by atoms with Crippen molar-refractivity contribution in [3.05, 3.63) is 92.7 Å². The molecular weight excluding hydrogens is 435 g/mol. The Morgan fingerprint density at radius 2 is 2.07 bits per heavy atom. The van der Waals surface area contributed by atoms with Crippen LogP contribution in [0.4, 0.5) is 4.39 Å². The monoisotopic (exact) mass is 450 g/mol. The summed E-state index contributed by atoms with van der Waals surface area (Å²) in [6.07, 6.45) is 5.12. The molecule has 0 aliphatic rings. The molecule has 4 nitrogen and oxygen atoms in total. The van der Waals surface area contributed by atoms with E-state index < -0.39 is 5.83 Å². The normalized spacial score (nSPS) is 11.0. The quantitative estimate of drug-likeness (QED) is 0.347. The van der Waals surface area contributed by atoms with Gasteiger partial charge in [0.05, 0.1) is 11.1 Å². The van der Waals surface area contributed by atoms with Crippen LogP contribution in [0.15, 0.2) is 59.3 Å². The van der Waals surface area contributed by atoms with Crippen LogP contribution in [0.3, 0.4) is 0 Å². The van der Waals surface area contributed by atoms with E-state index in [1.165, 1.54) is 30.5 Å². The first kappa shape index (κ1) is 20.4. The van der Waals surface area contributed by atoms with E-state index in [0.29, 0.717) is 28.5 Å². The van der Waals surface area contributed by atoms with E-state index in [2.05, 4.69) is 20.9 Å². The largest absolute Gasteiger partial charge is 0.488 e. The molecule has 0 saturated heterocycles. The molecular formula is C23H16BrFN2O2. The SMILES string of the molecule is Cc1c(Br)cccc1/C=C(\F)c1ccc(C=O)c(OCc2cncc(C#N)c2)c1. The molecule has 3 aromatic rings. The zero-order valence-electron chi connectivity index (χ0n) is 15.5. The van der Waals surface area contributed by atoms with Crippen molar-refractivity contribution in [2.75, 3.05) is 0 Å². The highest BCUT2D eigenvalue weighted by atomic mass is 79.9. The van der Waals surface area contributed by atoms with E-state index in [9.17, 15) is 9.18 Å². The molecule has 1 heterocycles. The number of carbonyl (C=O) groups excluding carboxylic acids is 1. The molecule has 2 aromatic carbocycles. The van der Waals surface area contributed by atoms with Crippen molar-refractivity contribution in [3.63, 3.8) is 0 Å². The summed E-state index contributed by atoms with van der Waals surface area (Å²) in [7, 11) is 0. The zero-order valence-corrected chi connectivity index (χ0v) is 17.1. The highest BCUT2D eigenvalue weighted by Gasteiger charge is 2.10. The summed E-state index contributed by atoms with van der Waals surface area (Å²) in [6, 6.07) is 13.8. The maximum absolute atomic E-state index is 14.9. The van der Waals surface area contributed by atoms with Crippen molar-refractivity contribution < 1.29 is 13.9 Å². The fourth-order valence-corrected chi connectivity index (χ4v) is 3.08. The van der Waals surface area contributed by atoms with Gasteiger partial charge in [0.2, 0.25) is 0 Å².